The number of rotatable bonds is 5. The Balaban J connectivity index is 1.97. The lowest BCUT2D eigenvalue weighted by Gasteiger charge is -2.37. The number of nitro benzene ring substituents is 1. The average Bonchev–Trinajstić information content (AvgIpc) is 2.67. The van der Waals surface area contributed by atoms with Crippen LogP contribution in [0.3, 0.4) is 0 Å². The number of piperidine rings is 1. The lowest BCUT2D eigenvalue weighted by atomic mass is 9.95. The Morgan fingerprint density at radius 1 is 1.19 bits per heavy atom. The first-order valence-corrected chi connectivity index (χ1v) is 9.95. The molecule has 3 rings (SSSR count). The molecular weight excluding hydrogens is 375 g/mol. The minimum atomic E-state index is -4.26. The average molecular weight is 394 g/mol. The van der Waals surface area contributed by atoms with E-state index in [1.165, 1.54) is 0 Å². The highest BCUT2D eigenvalue weighted by Gasteiger charge is 2.39. The SMILES string of the molecule is O=[N+]([O-])c1ccc(S(=O)(=O)N2CCCCC2C(O)c2ccccc2)c(F)c1. The van der Waals surface area contributed by atoms with Crippen LogP contribution in [0.15, 0.2) is 53.4 Å². The van der Waals surface area contributed by atoms with Crippen LogP contribution in [0.25, 0.3) is 0 Å². The third kappa shape index (κ3) is 3.85. The van der Waals surface area contributed by atoms with E-state index in [0.717, 1.165) is 22.9 Å². The third-order valence-electron chi connectivity index (χ3n) is 4.72. The van der Waals surface area contributed by atoms with Crippen molar-refractivity contribution in [2.75, 3.05) is 6.54 Å². The first-order chi connectivity index (χ1) is 12.8. The molecule has 1 N–H and O–H groups in total. The predicted octanol–water partition coefficient (Wildman–Crippen LogP) is 3.01. The van der Waals surface area contributed by atoms with Gasteiger partial charge >= 0.3 is 0 Å². The van der Waals surface area contributed by atoms with Gasteiger partial charge < -0.3 is 5.11 Å². The quantitative estimate of drug-likeness (QED) is 0.621. The Morgan fingerprint density at radius 3 is 2.52 bits per heavy atom. The maximum atomic E-state index is 14.3. The molecule has 1 aliphatic rings. The number of sulfonamides is 1. The Bertz CT molecular complexity index is 936. The summed E-state index contributed by atoms with van der Waals surface area (Å²) in [4.78, 5) is 9.35. The number of non-ortho nitro benzene ring substituents is 1. The fourth-order valence-corrected chi connectivity index (χ4v) is 5.10. The number of nitro groups is 1. The number of hydrogen-bond donors (Lipinski definition) is 1. The molecule has 1 heterocycles. The molecule has 7 nitrogen and oxygen atoms in total. The summed E-state index contributed by atoms with van der Waals surface area (Å²) in [6.07, 6.45) is 0.710. The van der Waals surface area contributed by atoms with E-state index in [2.05, 4.69) is 0 Å². The largest absolute Gasteiger partial charge is 0.387 e. The van der Waals surface area contributed by atoms with E-state index in [1.54, 1.807) is 30.3 Å². The first-order valence-electron chi connectivity index (χ1n) is 8.51. The van der Waals surface area contributed by atoms with Gasteiger partial charge in [-0.15, -0.1) is 0 Å². The van der Waals surface area contributed by atoms with Crippen molar-refractivity contribution in [2.45, 2.75) is 36.3 Å². The zero-order chi connectivity index (χ0) is 19.6. The van der Waals surface area contributed by atoms with Crippen molar-refractivity contribution in [1.82, 2.24) is 4.31 Å². The molecule has 0 spiro atoms. The summed E-state index contributed by atoms with van der Waals surface area (Å²) in [6, 6.07) is 10.4. The molecule has 0 radical (unpaired) electrons. The monoisotopic (exact) mass is 394 g/mol. The first kappa shape index (κ1) is 19.4. The Hall–Kier alpha value is -2.36. The van der Waals surface area contributed by atoms with Crippen molar-refractivity contribution in [1.29, 1.82) is 0 Å². The molecule has 0 bridgehead atoms. The zero-order valence-corrected chi connectivity index (χ0v) is 15.2. The highest BCUT2D eigenvalue weighted by Crippen LogP contribution is 2.34. The van der Waals surface area contributed by atoms with Crippen LogP contribution in [-0.2, 0) is 10.0 Å². The van der Waals surface area contributed by atoms with Gasteiger partial charge in [0, 0.05) is 12.6 Å². The molecule has 27 heavy (non-hydrogen) atoms. The van der Waals surface area contributed by atoms with Gasteiger partial charge in [-0.1, -0.05) is 36.8 Å². The Kier molecular flexibility index (Phi) is 5.54. The smallest absolute Gasteiger partial charge is 0.272 e. The van der Waals surface area contributed by atoms with Crippen LogP contribution in [0.4, 0.5) is 10.1 Å². The minimum absolute atomic E-state index is 0.146. The molecular formula is C18H19FN2O5S. The Morgan fingerprint density at radius 2 is 1.89 bits per heavy atom. The predicted molar refractivity (Wildman–Crippen MR) is 96.0 cm³/mol. The molecule has 0 amide bonds. The second-order valence-electron chi connectivity index (χ2n) is 6.41. The fourth-order valence-electron chi connectivity index (χ4n) is 3.36. The van der Waals surface area contributed by atoms with Gasteiger partial charge in [0.05, 0.1) is 23.1 Å². The van der Waals surface area contributed by atoms with Gasteiger partial charge in [0.1, 0.15) is 10.7 Å². The summed E-state index contributed by atoms with van der Waals surface area (Å²) < 4.78 is 41.5. The molecule has 1 aliphatic heterocycles. The summed E-state index contributed by atoms with van der Waals surface area (Å²) >= 11 is 0. The number of hydrogen-bond acceptors (Lipinski definition) is 5. The van der Waals surface area contributed by atoms with Crippen LogP contribution in [0.5, 0.6) is 0 Å². The van der Waals surface area contributed by atoms with Crippen LogP contribution < -0.4 is 0 Å². The molecule has 0 aromatic heterocycles. The van der Waals surface area contributed by atoms with Crippen LogP contribution in [0.1, 0.15) is 30.9 Å². The molecule has 9 heteroatoms. The van der Waals surface area contributed by atoms with E-state index in [0.29, 0.717) is 24.5 Å². The summed E-state index contributed by atoms with van der Waals surface area (Å²) in [5, 5.41) is 21.5. The van der Waals surface area contributed by atoms with Crippen LogP contribution in [0.2, 0.25) is 0 Å². The van der Waals surface area contributed by atoms with E-state index in [4.69, 9.17) is 0 Å². The number of aliphatic hydroxyl groups is 1. The summed E-state index contributed by atoms with van der Waals surface area (Å²) in [7, 11) is -4.26. The number of aliphatic hydroxyl groups excluding tert-OH is 1. The van der Waals surface area contributed by atoms with Crippen molar-refractivity contribution in [2.24, 2.45) is 0 Å². The van der Waals surface area contributed by atoms with Crippen molar-refractivity contribution >= 4 is 15.7 Å². The molecule has 1 saturated heterocycles. The summed E-state index contributed by atoms with van der Waals surface area (Å²) in [6.45, 7) is 0.146. The molecule has 2 atom stereocenters. The van der Waals surface area contributed by atoms with Crippen molar-refractivity contribution in [3.05, 3.63) is 70.0 Å². The second-order valence-corrected chi connectivity index (χ2v) is 8.27. The molecule has 1 fully saturated rings. The van der Waals surface area contributed by atoms with Crippen molar-refractivity contribution in [3.8, 4) is 0 Å². The highest BCUT2D eigenvalue weighted by molar-refractivity contribution is 7.89. The number of benzene rings is 2. The topological polar surface area (TPSA) is 101 Å². The van der Waals surface area contributed by atoms with E-state index in [1.807, 2.05) is 0 Å². The van der Waals surface area contributed by atoms with Gasteiger partial charge in [0.15, 0.2) is 0 Å². The van der Waals surface area contributed by atoms with E-state index < -0.39 is 43.5 Å². The van der Waals surface area contributed by atoms with Crippen LogP contribution in [-0.4, -0.2) is 35.3 Å². The minimum Gasteiger partial charge on any atom is -0.387 e. The van der Waals surface area contributed by atoms with Gasteiger partial charge in [-0.05, 0) is 24.5 Å². The van der Waals surface area contributed by atoms with E-state index in [9.17, 15) is 28.0 Å². The molecule has 2 unspecified atom stereocenters. The maximum absolute atomic E-state index is 14.3. The molecule has 0 saturated carbocycles. The van der Waals surface area contributed by atoms with Gasteiger partial charge in [0.25, 0.3) is 5.69 Å². The molecule has 144 valence electrons. The highest BCUT2D eigenvalue weighted by atomic mass is 32.2. The van der Waals surface area contributed by atoms with Gasteiger partial charge in [-0.3, -0.25) is 10.1 Å². The summed E-state index contributed by atoms with van der Waals surface area (Å²) in [5.74, 6) is -1.18. The lowest BCUT2D eigenvalue weighted by Crippen LogP contribution is -2.46. The van der Waals surface area contributed by atoms with E-state index >= 15 is 0 Å². The van der Waals surface area contributed by atoms with Crippen LogP contribution in [0, 0.1) is 15.9 Å². The van der Waals surface area contributed by atoms with E-state index in [-0.39, 0.29) is 6.54 Å². The number of nitrogens with zero attached hydrogens (tertiary/aromatic N) is 2. The molecule has 2 aromatic rings. The second kappa shape index (κ2) is 7.71. The maximum Gasteiger partial charge on any atom is 0.272 e. The summed E-state index contributed by atoms with van der Waals surface area (Å²) in [5.41, 5.74) is 0.0553. The van der Waals surface area contributed by atoms with Crippen molar-refractivity contribution < 1.29 is 22.8 Å². The lowest BCUT2D eigenvalue weighted by molar-refractivity contribution is -0.385. The van der Waals surface area contributed by atoms with Gasteiger partial charge in [-0.25, -0.2) is 12.8 Å². The molecule has 2 aromatic carbocycles. The van der Waals surface area contributed by atoms with Gasteiger partial charge in [-0.2, -0.15) is 4.31 Å². The third-order valence-corrected chi connectivity index (χ3v) is 6.67. The van der Waals surface area contributed by atoms with Crippen LogP contribution >= 0.6 is 0 Å². The zero-order valence-electron chi connectivity index (χ0n) is 14.4. The van der Waals surface area contributed by atoms with Gasteiger partial charge in [0.2, 0.25) is 10.0 Å². The normalized spacial score (nSPS) is 19.6. The Labute approximate surface area is 156 Å². The number of halogens is 1. The standard InChI is InChI=1S/C18H19FN2O5S/c19-15-12-14(21(23)24)9-10-17(15)27(25,26)20-11-5-4-8-16(20)18(22)13-6-2-1-3-7-13/h1-3,6-7,9-10,12,16,18,22H,4-5,8,11H2. The van der Waals surface area contributed by atoms with Crippen molar-refractivity contribution in [3.63, 3.8) is 0 Å². The fraction of sp³-hybridized carbons (Fsp3) is 0.333. The molecule has 0 aliphatic carbocycles.